The zero-order valence-corrected chi connectivity index (χ0v) is 12.8. The van der Waals surface area contributed by atoms with E-state index in [-0.39, 0.29) is 5.54 Å². The smallest absolute Gasteiger partial charge is 0.167 e. The average molecular weight is 282 g/mol. The van der Waals surface area contributed by atoms with Gasteiger partial charge in [-0.3, -0.25) is 0 Å². The molecule has 5 rings (SSSR count). The summed E-state index contributed by atoms with van der Waals surface area (Å²) in [7, 11) is 0. The molecule has 4 fully saturated rings. The molecule has 0 unspecified atom stereocenters. The van der Waals surface area contributed by atoms with Gasteiger partial charge in [-0.1, -0.05) is 0 Å². The molecular weight excluding hydrogens is 260 g/mol. The molecule has 4 bridgehead atoms. The van der Waals surface area contributed by atoms with Gasteiger partial charge in [-0.05, 0) is 75.7 Å². The number of hydrogen-bond donors (Lipinski definition) is 1. The summed E-state index contributed by atoms with van der Waals surface area (Å²) in [5, 5.41) is 21.7. The number of anilines is 1. The van der Waals surface area contributed by atoms with Crippen LogP contribution in [0.25, 0.3) is 0 Å². The summed E-state index contributed by atoms with van der Waals surface area (Å²) in [6, 6.07) is 2.32. The predicted octanol–water partition coefficient (Wildman–Crippen LogP) is 3.35. The summed E-state index contributed by atoms with van der Waals surface area (Å²) in [4.78, 5) is 0. The number of aryl methyl sites for hydroxylation is 1. The van der Waals surface area contributed by atoms with Gasteiger partial charge in [0.25, 0.3) is 0 Å². The predicted molar refractivity (Wildman–Crippen MR) is 80.7 cm³/mol. The molecule has 0 saturated heterocycles. The Hall–Kier alpha value is -1.63. The molecule has 0 atom stereocenters. The van der Waals surface area contributed by atoms with Crippen molar-refractivity contribution in [1.29, 1.82) is 5.26 Å². The zero-order chi connectivity index (χ0) is 14.6. The molecule has 0 radical (unpaired) electrons. The monoisotopic (exact) mass is 282 g/mol. The van der Waals surface area contributed by atoms with Crippen LogP contribution in [0.1, 0.15) is 55.3 Å². The maximum Gasteiger partial charge on any atom is 0.167 e. The van der Waals surface area contributed by atoms with E-state index in [2.05, 4.69) is 21.6 Å². The van der Waals surface area contributed by atoms with Crippen molar-refractivity contribution in [3.63, 3.8) is 0 Å². The van der Waals surface area contributed by atoms with Crippen LogP contribution in [-0.4, -0.2) is 15.7 Å². The maximum atomic E-state index is 9.48. The molecule has 110 valence electrons. The van der Waals surface area contributed by atoms with Gasteiger partial charge in [0, 0.05) is 5.54 Å². The summed E-state index contributed by atoms with van der Waals surface area (Å²) >= 11 is 0. The Bertz CT molecular complexity index is 593. The summed E-state index contributed by atoms with van der Waals surface area (Å²) in [6.45, 7) is 3.88. The summed E-state index contributed by atoms with van der Waals surface area (Å²) < 4.78 is 0. The van der Waals surface area contributed by atoms with Crippen LogP contribution >= 0.6 is 0 Å². The van der Waals surface area contributed by atoms with E-state index in [1.807, 2.05) is 13.8 Å². The highest BCUT2D eigenvalue weighted by atomic mass is 15.2. The number of hydrogen-bond acceptors (Lipinski definition) is 4. The quantitative estimate of drug-likeness (QED) is 0.903. The van der Waals surface area contributed by atoms with Crippen molar-refractivity contribution in [1.82, 2.24) is 10.2 Å². The van der Waals surface area contributed by atoms with Crippen LogP contribution in [0.5, 0.6) is 0 Å². The van der Waals surface area contributed by atoms with E-state index in [0.29, 0.717) is 11.4 Å². The third-order valence-corrected chi connectivity index (χ3v) is 5.99. The molecule has 1 aromatic rings. The van der Waals surface area contributed by atoms with Gasteiger partial charge < -0.3 is 5.32 Å². The average Bonchev–Trinajstić information content (AvgIpc) is 2.41. The van der Waals surface area contributed by atoms with E-state index in [0.717, 1.165) is 29.0 Å². The molecule has 4 nitrogen and oxygen atoms in total. The van der Waals surface area contributed by atoms with Crippen LogP contribution in [0.4, 0.5) is 5.82 Å². The molecule has 1 heterocycles. The number of rotatable bonds is 2. The second-order valence-corrected chi connectivity index (χ2v) is 7.57. The lowest BCUT2D eigenvalue weighted by Crippen LogP contribution is -2.55. The lowest BCUT2D eigenvalue weighted by Gasteiger charge is -2.57. The van der Waals surface area contributed by atoms with Gasteiger partial charge in [-0.15, -0.1) is 5.10 Å². The highest BCUT2D eigenvalue weighted by Crippen LogP contribution is 2.56. The maximum absolute atomic E-state index is 9.48. The largest absolute Gasteiger partial charge is 0.362 e. The Balaban J connectivity index is 1.68. The molecule has 0 aliphatic heterocycles. The molecule has 21 heavy (non-hydrogen) atoms. The highest BCUT2D eigenvalue weighted by molar-refractivity contribution is 5.57. The van der Waals surface area contributed by atoms with Crippen molar-refractivity contribution in [2.24, 2.45) is 17.8 Å². The SMILES string of the molecule is Cc1nnc(NC23CC4CC(CC(C4)C2)C3)c(C#N)c1C. The minimum atomic E-state index is 0.177. The van der Waals surface area contributed by atoms with Gasteiger partial charge in [0.2, 0.25) is 0 Å². The van der Waals surface area contributed by atoms with Gasteiger partial charge in [-0.2, -0.15) is 10.4 Å². The highest BCUT2D eigenvalue weighted by Gasteiger charge is 2.51. The first kappa shape index (κ1) is 13.1. The Labute approximate surface area is 126 Å². The molecule has 0 aromatic carbocycles. The fraction of sp³-hybridized carbons (Fsp3) is 0.706. The van der Waals surface area contributed by atoms with E-state index in [4.69, 9.17) is 0 Å². The van der Waals surface area contributed by atoms with E-state index in [1.54, 1.807) is 0 Å². The number of nitriles is 1. The van der Waals surface area contributed by atoms with E-state index >= 15 is 0 Å². The molecule has 4 heteroatoms. The van der Waals surface area contributed by atoms with Gasteiger partial charge in [0.15, 0.2) is 5.82 Å². The second kappa shape index (κ2) is 4.43. The molecular formula is C17H22N4. The second-order valence-electron chi connectivity index (χ2n) is 7.57. The van der Waals surface area contributed by atoms with Crippen molar-refractivity contribution in [2.75, 3.05) is 5.32 Å². The molecule has 4 aliphatic carbocycles. The van der Waals surface area contributed by atoms with Gasteiger partial charge >= 0.3 is 0 Å². The van der Waals surface area contributed by atoms with E-state index < -0.39 is 0 Å². The minimum absolute atomic E-state index is 0.177. The minimum Gasteiger partial charge on any atom is -0.362 e. The summed E-state index contributed by atoms with van der Waals surface area (Å²) in [5.41, 5.74) is 2.66. The van der Waals surface area contributed by atoms with Crippen molar-refractivity contribution in [3.05, 3.63) is 16.8 Å². The first-order valence-corrected chi connectivity index (χ1v) is 8.11. The Morgan fingerprint density at radius 3 is 2.14 bits per heavy atom. The van der Waals surface area contributed by atoms with Crippen molar-refractivity contribution in [3.8, 4) is 6.07 Å². The van der Waals surface area contributed by atoms with E-state index in [9.17, 15) is 5.26 Å². The van der Waals surface area contributed by atoms with Crippen LogP contribution < -0.4 is 5.32 Å². The number of nitrogens with zero attached hydrogens (tertiary/aromatic N) is 3. The van der Waals surface area contributed by atoms with Crippen molar-refractivity contribution >= 4 is 5.82 Å². The van der Waals surface area contributed by atoms with Crippen LogP contribution in [-0.2, 0) is 0 Å². The Kier molecular flexibility index (Phi) is 2.76. The van der Waals surface area contributed by atoms with E-state index in [1.165, 1.54) is 38.5 Å². The number of aromatic nitrogens is 2. The topological polar surface area (TPSA) is 61.6 Å². The fourth-order valence-electron chi connectivity index (χ4n) is 5.35. The third kappa shape index (κ3) is 2.02. The summed E-state index contributed by atoms with van der Waals surface area (Å²) in [6.07, 6.45) is 8.01. The van der Waals surface area contributed by atoms with Gasteiger partial charge in [-0.25, -0.2) is 0 Å². The van der Waals surface area contributed by atoms with Crippen molar-refractivity contribution in [2.45, 2.75) is 57.9 Å². The molecule has 1 aromatic heterocycles. The molecule has 0 amide bonds. The fourth-order valence-corrected chi connectivity index (χ4v) is 5.35. The Morgan fingerprint density at radius 1 is 1.05 bits per heavy atom. The Morgan fingerprint density at radius 2 is 1.62 bits per heavy atom. The van der Waals surface area contributed by atoms with Crippen LogP contribution in [0.15, 0.2) is 0 Å². The van der Waals surface area contributed by atoms with Crippen LogP contribution in [0.3, 0.4) is 0 Å². The van der Waals surface area contributed by atoms with Gasteiger partial charge in [0.05, 0.1) is 5.69 Å². The first-order chi connectivity index (χ1) is 10.1. The first-order valence-electron chi connectivity index (χ1n) is 8.11. The van der Waals surface area contributed by atoms with Crippen LogP contribution in [0, 0.1) is 42.9 Å². The summed E-state index contributed by atoms with van der Waals surface area (Å²) in [5.74, 6) is 3.36. The lowest BCUT2D eigenvalue weighted by molar-refractivity contribution is 0.0105. The zero-order valence-electron chi connectivity index (χ0n) is 12.8. The third-order valence-electron chi connectivity index (χ3n) is 5.99. The van der Waals surface area contributed by atoms with Crippen molar-refractivity contribution < 1.29 is 0 Å². The standard InChI is InChI=1S/C17H22N4/c1-10-11(2)20-21-16(15(10)9-18)19-17-6-12-3-13(7-17)5-14(4-12)8-17/h12-14H,3-8H2,1-2H3,(H,19,21). The molecule has 4 aliphatic rings. The van der Waals surface area contributed by atoms with Crippen LogP contribution in [0.2, 0.25) is 0 Å². The number of nitrogens with one attached hydrogen (secondary N) is 1. The normalized spacial score (nSPS) is 36.5. The molecule has 0 spiro atoms. The van der Waals surface area contributed by atoms with Gasteiger partial charge in [0.1, 0.15) is 11.6 Å². The lowest BCUT2D eigenvalue weighted by atomic mass is 9.53. The molecule has 4 saturated carbocycles. The molecule has 1 N–H and O–H groups in total.